The highest BCUT2D eigenvalue weighted by molar-refractivity contribution is 6.07. The van der Waals surface area contributed by atoms with Crippen LogP contribution in [0.5, 0.6) is 0 Å². The Morgan fingerprint density at radius 1 is 1.00 bits per heavy atom. The minimum Gasteiger partial charge on any atom is -0.342 e. The number of benzene rings is 1. The summed E-state index contributed by atoms with van der Waals surface area (Å²) >= 11 is 0. The van der Waals surface area contributed by atoms with Crippen molar-refractivity contribution in [3.63, 3.8) is 0 Å². The maximum Gasteiger partial charge on any atom is 0.325 e. The van der Waals surface area contributed by atoms with Crippen molar-refractivity contribution in [1.29, 1.82) is 0 Å². The quantitative estimate of drug-likeness (QED) is 0.565. The average Bonchev–Trinajstić information content (AvgIpc) is 3.46. The second-order valence-corrected chi connectivity index (χ2v) is 10.2. The number of hydrogen-bond donors (Lipinski definition) is 1. The molecule has 0 radical (unpaired) electrons. The van der Waals surface area contributed by atoms with Crippen molar-refractivity contribution < 1.29 is 14.4 Å². The lowest BCUT2D eigenvalue weighted by Crippen LogP contribution is -2.58. The molecule has 186 valence electrons. The fraction of sp³-hybridized carbons (Fsp3) is 0.667. The average molecular weight is 469 g/mol. The van der Waals surface area contributed by atoms with Gasteiger partial charge in [0.25, 0.3) is 5.91 Å². The van der Waals surface area contributed by atoms with E-state index >= 15 is 0 Å². The van der Waals surface area contributed by atoms with E-state index in [-0.39, 0.29) is 29.7 Å². The molecule has 0 aromatic heterocycles. The monoisotopic (exact) mass is 468 g/mol. The van der Waals surface area contributed by atoms with Gasteiger partial charge in [-0.05, 0) is 63.1 Å². The third kappa shape index (κ3) is 4.99. The van der Waals surface area contributed by atoms with Gasteiger partial charge in [-0.1, -0.05) is 44.2 Å². The van der Waals surface area contributed by atoms with E-state index < -0.39 is 5.54 Å². The van der Waals surface area contributed by atoms with Gasteiger partial charge in [-0.2, -0.15) is 0 Å². The number of amides is 4. The Morgan fingerprint density at radius 3 is 2.26 bits per heavy atom. The van der Waals surface area contributed by atoms with E-state index in [9.17, 15) is 14.4 Å². The molecule has 7 heteroatoms. The van der Waals surface area contributed by atoms with Crippen molar-refractivity contribution in [1.82, 2.24) is 20.0 Å². The summed E-state index contributed by atoms with van der Waals surface area (Å²) in [4.78, 5) is 45.7. The van der Waals surface area contributed by atoms with Crippen LogP contribution in [-0.2, 0) is 16.0 Å². The molecule has 0 aliphatic carbocycles. The second-order valence-electron chi connectivity index (χ2n) is 10.2. The van der Waals surface area contributed by atoms with E-state index in [2.05, 4.69) is 24.1 Å². The zero-order valence-electron chi connectivity index (χ0n) is 20.8. The summed E-state index contributed by atoms with van der Waals surface area (Å²) in [5.41, 5.74) is 0.112. The number of nitrogens with one attached hydrogen (secondary N) is 1. The molecule has 3 saturated heterocycles. The highest BCUT2D eigenvalue weighted by Gasteiger charge is 2.56. The Labute approximate surface area is 203 Å². The van der Waals surface area contributed by atoms with Crippen LogP contribution < -0.4 is 5.32 Å². The van der Waals surface area contributed by atoms with Crippen LogP contribution in [0.4, 0.5) is 4.79 Å². The predicted octanol–water partition coefficient (Wildman–Crippen LogP) is 3.29. The first-order valence-electron chi connectivity index (χ1n) is 13.2. The first kappa shape index (κ1) is 24.7. The summed E-state index contributed by atoms with van der Waals surface area (Å²) in [6.45, 7) is 8.69. The number of hydrogen-bond acceptors (Lipinski definition) is 4. The van der Waals surface area contributed by atoms with Gasteiger partial charge in [-0.15, -0.1) is 0 Å². The van der Waals surface area contributed by atoms with Gasteiger partial charge in [0.15, 0.2) is 0 Å². The smallest absolute Gasteiger partial charge is 0.325 e. The van der Waals surface area contributed by atoms with Crippen LogP contribution in [-0.4, -0.2) is 77.4 Å². The summed E-state index contributed by atoms with van der Waals surface area (Å²) in [7, 11) is 0. The SMILES string of the molecule is CCC(CC)C(=O)N1CCC([C@@]2(Cc3ccccc3)NC(=O)N(CCN3CCCC3)C2=O)CC1. The number of carbonyl (C=O) groups excluding carboxylic acids is 3. The van der Waals surface area contributed by atoms with Crippen molar-refractivity contribution in [3.05, 3.63) is 35.9 Å². The molecule has 7 nitrogen and oxygen atoms in total. The van der Waals surface area contributed by atoms with E-state index in [0.717, 1.165) is 50.9 Å². The number of likely N-dealkylation sites (tertiary alicyclic amines) is 2. The summed E-state index contributed by atoms with van der Waals surface area (Å²) in [6, 6.07) is 9.71. The first-order chi connectivity index (χ1) is 16.5. The Bertz CT molecular complexity index is 858. The number of urea groups is 1. The molecule has 0 spiro atoms. The molecule has 34 heavy (non-hydrogen) atoms. The number of nitrogens with zero attached hydrogens (tertiary/aromatic N) is 3. The van der Waals surface area contributed by atoms with Crippen molar-refractivity contribution in [2.45, 2.75) is 64.3 Å². The van der Waals surface area contributed by atoms with Gasteiger partial charge in [0.05, 0.1) is 0 Å². The molecule has 1 aromatic rings. The lowest BCUT2D eigenvalue weighted by molar-refractivity contribution is -0.139. The topological polar surface area (TPSA) is 73.0 Å². The van der Waals surface area contributed by atoms with Crippen LogP contribution in [0.1, 0.15) is 57.9 Å². The van der Waals surface area contributed by atoms with Crippen LogP contribution in [0.25, 0.3) is 0 Å². The molecule has 1 atom stereocenters. The van der Waals surface area contributed by atoms with E-state index in [1.807, 2.05) is 35.2 Å². The van der Waals surface area contributed by atoms with Crippen LogP contribution in [0.15, 0.2) is 30.3 Å². The van der Waals surface area contributed by atoms with Gasteiger partial charge in [0.1, 0.15) is 5.54 Å². The normalized spacial score (nSPS) is 24.3. The Hall–Kier alpha value is -2.41. The molecular formula is C27H40N4O3. The fourth-order valence-corrected chi connectivity index (χ4v) is 6.04. The maximum absolute atomic E-state index is 13.9. The molecule has 0 bridgehead atoms. The molecule has 4 amide bonds. The maximum atomic E-state index is 13.9. The van der Waals surface area contributed by atoms with Crippen molar-refractivity contribution >= 4 is 17.8 Å². The molecule has 3 aliphatic heterocycles. The molecule has 0 saturated carbocycles. The molecule has 3 heterocycles. The van der Waals surface area contributed by atoms with Crippen molar-refractivity contribution in [2.24, 2.45) is 11.8 Å². The molecule has 3 aliphatic rings. The third-order valence-electron chi connectivity index (χ3n) is 8.20. The highest BCUT2D eigenvalue weighted by atomic mass is 16.2. The standard InChI is InChI=1S/C27H40N4O3/c1-3-22(4-2)24(32)30-16-12-23(13-17-30)27(20-21-10-6-5-7-11-21)25(33)31(26(34)28-27)19-18-29-14-8-9-15-29/h5-7,10-11,22-23H,3-4,8-9,12-20H2,1-2H3,(H,28,34)/t27-/m1/s1. The van der Waals surface area contributed by atoms with Crippen LogP contribution >= 0.6 is 0 Å². The second kappa shape index (κ2) is 10.9. The molecule has 4 rings (SSSR count). The minimum absolute atomic E-state index is 0.00620. The number of rotatable bonds is 9. The minimum atomic E-state index is -0.937. The van der Waals surface area contributed by atoms with E-state index in [1.54, 1.807) is 0 Å². The Balaban J connectivity index is 1.51. The summed E-state index contributed by atoms with van der Waals surface area (Å²) in [5, 5.41) is 3.17. The van der Waals surface area contributed by atoms with Crippen LogP contribution in [0, 0.1) is 11.8 Å². The lowest BCUT2D eigenvalue weighted by atomic mass is 9.73. The van der Waals surface area contributed by atoms with Gasteiger partial charge < -0.3 is 15.1 Å². The summed E-state index contributed by atoms with van der Waals surface area (Å²) in [5.74, 6) is 0.218. The van der Waals surface area contributed by atoms with Gasteiger partial charge in [0, 0.05) is 38.5 Å². The zero-order chi connectivity index (χ0) is 24.1. The fourth-order valence-electron chi connectivity index (χ4n) is 6.04. The molecule has 1 N–H and O–H groups in total. The molecule has 0 unspecified atom stereocenters. The van der Waals surface area contributed by atoms with Crippen LogP contribution in [0.2, 0.25) is 0 Å². The number of imide groups is 1. The predicted molar refractivity (Wildman–Crippen MR) is 132 cm³/mol. The van der Waals surface area contributed by atoms with Crippen LogP contribution in [0.3, 0.4) is 0 Å². The highest BCUT2D eigenvalue weighted by Crippen LogP contribution is 2.37. The van der Waals surface area contributed by atoms with Crippen molar-refractivity contribution in [3.8, 4) is 0 Å². The van der Waals surface area contributed by atoms with E-state index in [0.29, 0.717) is 26.1 Å². The van der Waals surface area contributed by atoms with Gasteiger partial charge in [0.2, 0.25) is 5.91 Å². The zero-order valence-corrected chi connectivity index (χ0v) is 20.8. The Kier molecular flexibility index (Phi) is 7.91. The Morgan fingerprint density at radius 2 is 1.65 bits per heavy atom. The van der Waals surface area contributed by atoms with E-state index in [4.69, 9.17) is 0 Å². The summed E-state index contributed by atoms with van der Waals surface area (Å²) in [6.07, 6.45) is 6.03. The molecular weight excluding hydrogens is 428 g/mol. The van der Waals surface area contributed by atoms with E-state index in [1.165, 1.54) is 17.7 Å². The van der Waals surface area contributed by atoms with Gasteiger partial charge in [-0.3, -0.25) is 14.5 Å². The summed E-state index contributed by atoms with van der Waals surface area (Å²) < 4.78 is 0. The van der Waals surface area contributed by atoms with Gasteiger partial charge >= 0.3 is 6.03 Å². The first-order valence-corrected chi connectivity index (χ1v) is 13.2. The largest absolute Gasteiger partial charge is 0.342 e. The third-order valence-corrected chi connectivity index (χ3v) is 8.20. The lowest BCUT2D eigenvalue weighted by Gasteiger charge is -2.41. The van der Waals surface area contributed by atoms with Gasteiger partial charge in [-0.25, -0.2) is 4.79 Å². The number of piperidine rings is 1. The van der Waals surface area contributed by atoms with Crippen molar-refractivity contribution in [2.75, 3.05) is 39.3 Å². The molecule has 1 aromatic carbocycles. The number of carbonyl (C=O) groups is 3. The molecule has 3 fully saturated rings.